The van der Waals surface area contributed by atoms with Gasteiger partial charge in [-0.2, -0.15) is 0 Å². The summed E-state index contributed by atoms with van der Waals surface area (Å²) in [5, 5.41) is 4.62. The monoisotopic (exact) mass is 927 g/mol. The van der Waals surface area contributed by atoms with E-state index in [2.05, 4.69) is 234 Å². The topological polar surface area (TPSA) is 50.8 Å². The molecule has 0 atom stereocenters. The fourth-order valence-electron chi connectivity index (χ4n) is 12.2. The van der Waals surface area contributed by atoms with Gasteiger partial charge in [-0.1, -0.05) is 135 Å². The third-order valence-electron chi connectivity index (χ3n) is 15.3. The molecule has 5 heterocycles. The number of hydrogen-bond donors (Lipinski definition) is 0. The number of hydrogen-bond acceptors (Lipinski definition) is 5. The Kier molecular flexibility index (Phi) is 8.67. The number of furan rings is 3. The van der Waals surface area contributed by atoms with E-state index < -0.39 is 5.41 Å². The normalized spacial score (nSPS) is 13.3. The molecule has 0 amide bonds. The van der Waals surface area contributed by atoms with Crippen LogP contribution in [0.25, 0.3) is 72.1 Å². The lowest BCUT2D eigenvalue weighted by atomic mass is 9.65. The highest BCUT2D eigenvalue weighted by Crippen LogP contribution is 2.65. The third kappa shape index (κ3) is 5.66. The van der Waals surface area contributed by atoms with E-state index in [0.717, 1.165) is 118 Å². The second-order valence-corrected chi connectivity index (χ2v) is 19.4. The van der Waals surface area contributed by atoms with Gasteiger partial charge in [0.15, 0.2) is 11.5 Å². The maximum atomic E-state index is 6.50. The lowest BCUT2D eigenvalue weighted by Crippen LogP contribution is -2.36. The molecule has 342 valence electrons. The standard InChI is InChI=1S/C66H45N3O3/c1-41(2)42-26-30-45(31-27-42)67(46-32-28-43(29-33-46)49-20-13-21-52-51-19-7-11-25-62(51)72-63(49)52)47-16-12-17-48(38-47)69-59-24-10-8-22-54(59)66(55-34-36-70-64(55)65-56(66)35-37-71-65)57-39-53-50-18-6-9-23-58(50)68(60(53)40-61(57)69)44-14-4-3-5-15-44/h3-41H,1-2H3. The van der Waals surface area contributed by atoms with E-state index in [1.807, 2.05) is 24.7 Å². The summed E-state index contributed by atoms with van der Waals surface area (Å²) in [4.78, 5) is 4.85. The van der Waals surface area contributed by atoms with Gasteiger partial charge in [-0.05, 0) is 125 Å². The molecule has 0 fully saturated rings. The quantitative estimate of drug-likeness (QED) is 0.159. The summed E-state index contributed by atoms with van der Waals surface area (Å²) < 4.78 is 21.6. The van der Waals surface area contributed by atoms with E-state index in [4.69, 9.17) is 13.3 Å². The highest BCUT2D eigenvalue weighted by Gasteiger charge is 2.55. The van der Waals surface area contributed by atoms with Gasteiger partial charge in [0.2, 0.25) is 0 Å². The first-order chi connectivity index (χ1) is 35.5. The SMILES string of the molecule is CC(C)c1ccc(N(c2ccc(-c3cccc4c3oc3ccccc34)cc2)c2cccc(N3c4ccccc4C4(c5cc6c7ccccc7n(-c7ccccc7)c6cc53)c3ccoc3-c3occc34)c2)cc1. The molecule has 15 rings (SSSR count). The van der Waals surface area contributed by atoms with Crippen LogP contribution in [0, 0.1) is 0 Å². The molecule has 0 saturated heterocycles. The average Bonchev–Trinajstić information content (AvgIpc) is 4.28. The van der Waals surface area contributed by atoms with Crippen LogP contribution in [0.5, 0.6) is 0 Å². The van der Waals surface area contributed by atoms with Crippen LogP contribution in [0.4, 0.5) is 34.1 Å². The molecule has 0 bridgehead atoms. The molecule has 1 aliphatic heterocycles. The van der Waals surface area contributed by atoms with Crippen molar-refractivity contribution in [2.75, 3.05) is 9.80 Å². The molecule has 1 aliphatic carbocycles. The predicted molar refractivity (Wildman–Crippen MR) is 292 cm³/mol. The van der Waals surface area contributed by atoms with E-state index in [1.54, 1.807) is 0 Å². The Morgan fingerprint density at radius 3 is 1.88 bits per heavy atom. The number of benzene rings is 9. The van der Waals surface area contributed by atoms with Crippen molar-refractivity contribution < 1.29 is 13.3 Å². The van der Waals surface area contributed by atoms with Crippen LogP contribution in [0.15, 0.2) is 244 Å². The van der Waals surface area contributed by atoms with Gasteiger partial charge < -0.3 is 27.6 Å². The Bertz CT molecular complexity index is 4220. The molecular weight excluding hydrogens is 883 g/mol. The number of fused-ring (bicyclic) bond motifs is 15. The lowest BCUT2D eigenvalue weighted by molar-refractivity contribution is 0.525. The summed E-state index contributed by atoms with van der Waals surface area (Å²) in [7, 11) is 0. The summed E-state index contributed by atoms with van der Waals surface area (Å²) in [6.45, 7) is 4.49. The van der Waals surface area contributed by atoms with Crippen LogP contribution in [0.1, 0.15) is 47.6 Å². The van der Waals surface area contributed by atoms with Gasteiger partial charge in [-0.15, -0.1) is 0 Å². The molecule has 0 unspecified atom stereocenters. The summed E-state index contributed by atoms with van der Waals surface area (Å²) in [6, 6.07) is 79.2. The molecule has 13 aromatic rings. The Balaban J connectivity index is 0.952. The van der Waals surface area contributed by atoms with E-state index in [1.165, 1.54) is 16.3 Å². The van der Waals surface area contributed by atoms with Crippen molar-refractivity contribution in [1.82, 2.24) is 4.57 Å². The first-order valence-corrected chi connectivity index (χ1v) is 24.7. The lowest BCUT2D eigenvalue weighted by Gasteiger charge is -2.44. The zero-order chi connectivity index (χ0) is 47.7. The van der Waals surface area contributed by atoms with Crippen LogP contribution in [-0.2, 0) is 5.41 Å². The zero-order valence-corrected chi connectivity index (χ0v) is 39.6. The Labute approximate surface area is 415 Å². The molecule has 0 saturated carbocycles. The second kappa shape index (κ2) is 15.4. The summed E-state index contributed by atoms with van der Waals surface area (Å²) in [6.07, 6.45) is 3.62. The third-order valence-corrected chi connectivity index (χ3v) is 15.3. The maximum absolute atomic E-state index is 6.50. The van der Waals surface area contributed by atoms with Gasteiger partial charge in [-0.25, -0.2) is 0 Å². The highest BCUT2D eigenvalue weighted by atomic mass is 16.4. The minimum absolute atomic E-state index is 0.404. The van der Waals surface area contributed by atoms with Crippen molar-refractivity contribution in [1.29, 1.82) is 0 Å². The molecule has 1 spiro atoms. The average molecular weight is 928 g/mol. The molecule has 2 aliphatic rings. The van der Waals surface area contributed by atoms with E-state index in [0.29, 0.717) is 5.92 Å². The number of aromatic nitrogens is 1. The van der Waals surface area contributed by atoms with Gasteiger partial charge in [-0.3, -0.25) is 0 Å². The Hall–Kier alpha value is -9.26. The first-order valence-electron chi connectivity index (χ1n) is 24.7. The van der Waals surface area contributed by atoms with Gasteiger partial charge in [0, 0.05) is 66.7 Å². The number of para-hydroxylation sites is 5. The fourth-order valence-corrected chi connectivity index (χ4v) is 12.2. The summed E-state index contributed by atoms with van der Waals surface area (Å²) in [5.41, 5.74) is 18.8. The van der Waals surface area contributed by atoms with Crippen molar-refractivity contribution in [2.45, 2.75) is 25.2 Å². The number of anilines is 6. The number of nitrogens with zero attached hydrogens (tertiary/aromatic N) is 3. The molecule has 0 radical (unpaired) electrons. The van der Waals surface area contributed by atoms with Crippen molar-refractivity contribution in [3.8, 4) is 28.3 Å². The van der Waals surface area contributed by atoms with Crippen LogP contribution in [0.2, 0.25) is 0 Å². The highest BCUT2D eigenvalue weighted by molar-refractivity contribution is 6.13. The smallest absolute Gasteiger partial charge is 0.174 e. The minimum atomic E-state index is -0.715. The predicted octanol–water partition coefficient (Wildman–Crippen LogP) is 18.3. The van der Waals surface area contributed by atoms with Crippen LogP contribution < -0.4 is 9.80 Å². The minimum Gasteiger partial charge on any atom is -0.461 e. The molecule has 4 aromatic heterocycles. The van der Waals surface area contributed by atoms with Crippen molar-refractivity contribution >= 4 is 77.9 Å². The maximum Gasteiger partial charge on any atom is 0.174 e. The van der Waals surface area contributed by atoms with Crippen LogP contribution in [-0.4, -0.2) is 4.57 Å². The van der Waals surface area contributed by atoms with Gasteiger partial charge >= 0.3 is 0 Å². The van der Waals surface area contributed by atoms with Gasteiger partial charge in [0.25, 0.3) is 0 Å². The van der Waals surface area contributed by atoms with Gasteiger partial charge in [0.05, 0.1) is 40.3 Å². The molecular formula is C66H45N3O3. The van der Waals surface area contributed by atoms with Crippen molar-refractivity contribution in [2.24, 2.45) is 0 Å². The summed E-state index contributed by atoms with van der Waals surface area (Å²) >= 11 is 0. The first kappa shape index (κ1) is 40.6. The summed E-state index contributed by atoms with van der Waals surface area (Å²) in [5.74, 6) is 1.96. The second-order valence-electron chi connectivity index (χ2n) is 19.4. The van der Waals surface area contributed by atoms with Crippen LogP contribution >= 0.6 is 0 Å². The molecule has 72 heavy (non-hydrogen) atoms. The van der Waals surface area contributed by atoms with Crippen molar-refractivity contribution in [3.63, 3.8) is 0 Å². The van der Waals surface area contributed by atoms with Crippen molar-refractivity contribution in [3.05, 3.63) is 259 Å². The Morgan fingerprint density at radius 2 is 1.10 bits per heavy atom. The van der Waals surface area contributed by atoms with E-state index >= 15 is 0 Å². The Morgan fingerprint density at radius 1 is 0.444 bits per heavy atom. The van der Waals surface area contributed by atoms with Crippen LogP contribution in [0.3, 0.4) is 0 Å². The van der Waals surface area contributed by atoms with Gasteiger partial charge in [0.1, 0.15) is 11.2 Å². The molecule has 6 nitrogen and oxygen atoms in total. The molecule has 6 heteroatoms. The molecule has 9 aromatic carbocycles. The molecule has 0 N–H and O–H groups in total. The van der Waals surface area contributed by atoms with E-state index in [9.17, 15) is 0 Å². The number of rotatable bonds is 7. The zero-order valence-electron chi connectivity index (χ0n) is 39.6. The largest absolute Gasteiger partial charge is 0.461 e. The fraction of sp³-hybridized carbons (Fsp3) is 0.0606. The van der Waals surface area contributed by atoms with E-state index in [-0.39, 0.29) is 0 Å².